The molecular weight excluding hydrogens is 396 g/mol. The smallest absolute Gasteiger partial charge is 0.429 e. The normalized spacial score (nSPS) is 13.8. The predicted molar refractivity (Wildman–Crippen MR) is 115 cm³/mol. The fraction of sp³-hybridized carbons (Fsp3) is 0.375. The average Bonchev–Trinajstić information content (AvgIpc) is 3.21. The average molecular weight is 424 g/mol. The lowest BCUT2D eigenvalue weighted by atomic mass is 10.1. The minimum absolute atomic E-state index is 0.132. The highest BCUT2D eigenvalue weighted by Crippen LogP contribution is 2.18. The van der Waals surface area contributed by atoms with Gasteiger partial charge in [-0.25, -0.2) is 14.8 Å². The standard InChI is InChI=1S/C24H28N2O5/c1-24(2,3)31-21(27)16-18-10-12-20(13-11-18)22(28)25-14-7-15-26(25)23(29)30-17-19-8-5-4-6-9-19/h4-6,8-13H,7,14-17H2,1-3H3. The van der Waals surface area contributed by atoms with Crippen molar-refractivity contribution in [2.75, 3.05) is 13.1 Å². The van der Waals surface area contributed by atoms with Crippen LogP contribution in [-0.2, 0) is 27.3 Å². The second kappa shape index (κ2) is 9.64. The van der Waals surface area contributed by atoms with E-state index >= 15 is 0 Å². The third kappa shape index (κ3) is 6.31. The Morgan fingerprint density at radius 1 is 0.871 bits per heavy atom. The molecule has 0 aliphatic carbocycles. The van der Waals surface area contributed by atoms with E-state index in [1.54, 1.807) is 24.3 Å². The molecular formula is C24H28N2O5. The van der Waals surface area contributed by atoms with Gasteiger partial charge in [0.05, 0.1) is 6.42 Å². The summed E-state index contributed by atoms with van der Waals surface area (Å²) >= 11 is 0. The molecule has 1 aliphatic heterocycles. The number of benzene rings is 2. The van der Waals surface area contributed by atoms with Crippen molar-refractivity contribution < 1.29 is 23.9 Å². The summed E-state index contributed by atoms with van der Waals surface area (Å²) < 4.78 is 10.7. The lowest BCUT2D eigenvalue weighted by Gasteiger charge is -2.27. The van der Waals surface area contributed by atoms with Crippen LogP contribution in [0.5, 0.6) is 0 Å². The van der Waals surface area contributed by atoms with Crippen molar-refractivity contribution in [3.63, 3.8) is 0 Å². The Bertz CT molecular complexity index is 919. The summed E-state index contributed by atoms with van der Waals surface area (Å²) in [5.74, 6) is -0.601. The number of ether oxygens (including phenoxy) is 2. The van der Waals surface area contributed by atoms with E-state index in [0.29, 0.717) is 25.1 Å². The van der Waals surface area contributed by atoms with Crippen LogP contribution >= 0.6 is 0 Å². The summed E-state index contributed by atoms with van der Waals surface area (Å²) in [6, 6.07) is 16.2. The van der Waals surface area contributed by atoms with Crippen molar-refractivity contribution in [1.82, 2.24) is 10.0 Å². The number of rotatable bonds is 5. The van der Waals surface area contributed by atoms with Gasteiger partial charge in [-0.2, -0.15) is 0 Å². The molecule has 0 aromatic heterocycles. The third-order valence-electron chi connectivity index (χ3n) is 4.65. The number of carbonyl (C=O) groups is 3. The zero-order valence-electron chi connectivity index (χ0n) is 18.2. The second-order valence-electron chi connectivity index (χ2n) is 8.41. The molecule has 0 bridgehead atoms. The molecule has 2 amide bonds. The first-order valence-electron chi connectivity index (χ1n) is 10.3. The quantitative estimate of drug-likeness (QED) is 0.679. The summed E-state index contributed by atoms with van der Waals surface area (Å²) in [6.45, 7) is 6.48. The molecule has 2 aromatic carbocycles. The fourth-order valence-corrected chi connectivity index (χ4v) is 3.26. The van der Waals surface area contributed by atoms with Gasteiger partial charge >= 0.3 is 12.1 Å². The minimum Gasteiger partial charge on any atom is -0.460 e. The van der Waals surface area contributed by atoms with Crippen LogP contribution in [0.3, 0.4) is 0 Å². The van der Waals surface area contributed by atoms with E-state index in [1.165, 1.54) is 10.0 Å². The Kier molecular flexibility index (Phi) is 6.95. The Balaban J connectivity index is 1.59. The van der Waals surface area contributed by atoms with Crippen molar-refractivity contribution in [2.24, 2.45) is 0 Å². The molecule has 7 heteroatoms. The van der Waals surface area contributed by atoms with Crippen molar-refractivity contribution in [3.8, 4) is 0 Å². The molecule has 2 aromatic rings. The van der Waals surface area contributed by atoms with Gasteiger partial charge < -0.3 is 9.47 Å². The van der Waals surface area contributed by atoms with Crippen molar-refractivity contribution >= 4 is 18.0 Å². The highest BCUT2D eigenvalue weighted by atomic mass is 16.6. The van der Waals surface area contributed by atoms with E-state index in [9.17, 15) is 14.4 Å². The lowest BCUT2D eigenvalue weighted by Crippen LogP contribution is -2.45. The van der Waals surface area contributed by atoms with E-state index < -0.39 is 11.7 Å². The number of amides is 2. The molecule has 0 saturated carbocycles. The highest BCUT2D eigenvalue weighted by Gasteiger charge is 2.32. The SMILES string of the molecule is CC(C)(C)OC(=O)Cc1ccc(C(=O)N2CCCN2C(=O)OCc2ccccc2)cc1. The first kappa shape index (κ1) is 22.3. The van der Waals surface area contributed by atoms with Gasteiger partial charge in [0.15, 0.2) is 0 Å². The number of hydrogen-bond donors (Lipinski definition) is 0. The number of hydrogen-bond acceptors (Lipinski definition) is 5. The fourth-order valence-electron chi connectivity index (χ4n) is 3.26. The Labute approximate surface area is 182 Å². The van der Waals surface area contributed by atoms with Gasteiger partial charge in [0.25, 0.3) is 5.91 Å². The molecule has 1 fully saturated rings. The monoisotopic (exact) mass is 424 g/mol. The van der Waals surface area contributed by atoms with E-state index in [2.05, 4.69) is 0 Å². The number of hydrazine groups is 1. The second-order valence-corrected chi connectivity index (χ2v) is 8.41. The zero-order valence-corrected chi connectivity index (χ0v) is 18.2. The van der Waals surface area contributed by atoms with Crippen LogP contribution in [0.4, 0.5) is 4.79 Å². The van der Waals surface area contributed by atoms with Gasteiger partial charge in [-0.3, -0.25) is 9.59 Å². The molecule has 0 atom stereocenters. The van der Waals surface area contributed by atoms with Crippen LogP contribution < -0.4 is 0 Å². The summed E-state index contributed by atoms with van der Waals surface area (Å²) in [5, 5.41) is 2.76. The van der Waals surface area contributed by atoms with Crippen LogP contribution in [0.1, 0.15) is 48.7 Å². The molecule has 0 unspecified atom stereocenters. The molecule has 1 saturated heterocycles. The summed E-state index contributed by atoms with van der Waals surface area (Å²) in [5.41, 5.74) is 1.54. The van der Waals surface area contributed by atoms with Crippen molar-refractivity contribution in [1.29, 1.82) is 0 Å². The van der Waals surface area contributed by atoms with Crippen molar-refractivity contribution in [2.45, 2.75) is 45.8 Å². The summed E-state index contributed by atoms with van der Waals surface area (Å²) in [7, 11) is 0. The Morgan fingerprint density at radius 2 is 1.52 bits per heavy atom. The zero-order chi connectivity index (χ0) is 22.4. The van der Waals surface area contributed by atoms with Gasteiger partial charge in [-0.05, 0) is 50.5 Å². The van der Waals surface area contributed by atoms with Crippen LogP contribution in [0.15, 0.2) is 54.6 Å². The molecule has 0 N–H and O–H groups in total. The Morgan fingerprint density at radius 3 is 2.16 bits per heavy atom. The molecule has 1 aliphatic rings. The van der Waals surface area contributed by atoms with E-state index in [-0.39, 0.29) is 24.9 Å². The van der Waals surface area contributed by atoms with Gasteiger partial charge in [0, 0.05) is 18.7 Å². The maximum atomic E-state index is 12.9. The number of carbonyl (C=O) groups excluding carboxylic acids is 3. The molecule has 31 heavy (non-hydrogen) atoms. The summed E-state index contributed by atoms with van der Waals surface area (Å²) in [4.78, 5) is 37.4. The topological polar surface area (TPSA) is 76.2 Å². The van der Waals surface area contributed by atoms with E-state index in [0.717, 1.165) is 11.1 Å². The van der Waals surface area contributed by atoms with Crippen molar-refractivity contribution in [3.05, 3.63) is 71.3 Å². The summed E-state index contributed by atoms with van der Waals surface area (Å²) in [6.07, 6.45) is 0.271. The van der Waals surface area contributed by atoms with E-state index in [1.807, 2.05) is 51.1 Å². The molecule has 1 heterocycles. The maximum Gasteiger partial charge on any atom is 0.429 e. The maximum absolute atomic E-state index is 12.9. The molecule has 0 radical (unpaired) electrons. The Hall–Kier alpha value is -3.35. The molecule has 0 spiro atoms. The van der Waals surface area contributed by atoms with E-state index in [4.69, 9.17) is 9.47 Å². The molecule has 7 nitrogen and oxygen atoms in total. The van der Waals surface area contributed by atoms with Crippen LogP contribution in [0, 0.1) is 0 Å². The number of nitrogens with zero attached hydrogens (tertiary/aromatic N) is 2. The third-order valence-corrected chi connectivity index (χ3v) is 4.65. The first-order valence-corrected chi connectivity index (χ1v) is 10.3. The van der Waals surface area contributed by atoms with Gasteiger partial charge in [0.1, 0.15) is 12.2 Å². The van der Waals surface area contributed by atoms with Gasteiger partial charge in [-0.1, -0.05) is 42.5 Å². The number of esters is 1. The van der Waals surface area contributed by atoms with Gasteiger partial charge in [0.2, 0.25) is 0 Å². The molecule has 3 rings (SSSR count). The first-order chi connectivity index (χ1) is 14.7. The van der Waals surface area contributed by atoms with Crippen LogP contribution in [0.2, 0.25) is 0 Å². The van der Waals surface area contributed by atoms with Crippen LogP contribution in [0.25, 0.3) is 0 Å². The minimum atomic E-state index is -0.545. The van der Waals surface area contributed by atoms with Crippen LogP contribution in [-0.4, -0.2) is 46.7 Å². The largest absolute Gasteiger partial charge is 0.460 e. The highest BCUT2D eigenvalue weighted by molar-refractivity contribution is 5.95. The molecule has 164 valence electrons. The predicted octanol–water partition coefficient (Wildman–Crippen LogP) is 3.97. The lowest BCUT2D eigenvalue weighted by molar-refractivity contribution is -0.153. The van der Waals surface area contributed by atoms with Gasteiger partial charge in [-0.15, -0.1) is 0 Å².